The van der Waals surface area contributed by atoms with Gasteiger partial charge in [-0.25, -0.2) is 0 Å². The van der Waals surface area contributed by atoms with Gasteiger partial charge >= 0.3 is 11.9 Å². The van der Waals surface area contributed by atoms with Crippen molar-refractivity contribution in [1.82, 2.24) is 0 Å². The molecule has 1 aliphatic rings. The van der Waals surface area contributed by atoms with Gasteiger partial charge in [-0.15, -0.1) is 0 Å². The molecule has 0 aromatic heterocycles. The highest BCUT2D eigenvalue weighted by Crippen LogP contribution is 2.32. The maximum atomic E-state index is 12.6. The number of esters is 2. The van der Waals surface area contributed by atoms with Crippen molar-refractivity contribution in [1.29, 1.82) is 0 Å². The van der Waals surface area contributed by atoms with Gasteiger partial charge in [0, 0.05) is 0 Å². The van der Waals surface area contributed by atoms with Crippen LogP contribution in [0.4, 0.5) is 0 Å². The molecular weight excluding hydrogens is 488 g/mol. The van der Waals surface area contributed by atoms with Crippen molar-refractivity contribution in [3.8, 4) is 23.0 Å². The van der Waals surface area contributed by atoms with Crippen LogP contribution in [0.15, 0.2) is 48.5 Å². The van der Waals surface area contributed by atoms with Crippen LogP contribution < -0.4 is 18.9 Å². The van der Waals surface area contributed by atoms with Crippen LogP contribution in [0, 0.1) is 11.8 Å². The Balaban J connectivity index is 1.36. The highest BCUT2D eigenvalue weighted by molar-refractivity contribution is 5.77. The predicted molar refractivity (Wildman–Crippen MR) is 143 cm³/mol. The molecule has 0 heterocycles. The topological polar surface area (TPSA) is 89.5 Å². The smallest absolute Gasteiger partial charge is 0.314 e. The first-order valence-electron chi connectivity index (χ1n) is 13.4. The van der Waals surface area contributed by atoms with Crippen LogP contribution in [0.25, 0.3) is 0 Å². The molecule has 0 saturated heterocycles. The maximum absolute atomic E-state index is 12.6. The van der Waals surface area contributed by atoms with E-state index in [1.807, 2.05) is 27.7 Å². The van der Waals surface area contributed by atoms with Gasteiger partial charge in [0.15, 0.2) is 0 Å². The monoisotopic (exact) mass is 528 g/mol. The first kappa shape index (κ1) is 29.5. The van der Waals surface area contributed by atoms with E-state index in [9.17, 15) is 9.59 Å². The molecule has 0 unspecified atom stereocenters. The third-order valence-electron chi connectivity index (χ3n) is 6.08. The zero-order valence-electron chi connectivity index (χ0n) is 22.9. The minimum absolute atomic E-state index is 0.166. The highest BCUT2D eigenvalue weighted by Gasteiger charge is 2.32. The summed E-state index contributed by atoms with van der Waals surface area (Å²) in [6.45, 7) is 9.85. The summed E-state index contributed by atoms with van der Waals surface area (Å²) >= 11 is 0. The van der Waals surface area contributed by atoms with Gasteiger partial charge < -0.3 is 28.4 Å². The molecule has 1 saturated carbocycles. The molecule has 0 aliphatic heterocycles. The van der Waals surface area contributed by atoms with E-state index in [0.717, 1.165) is 0 Å². The number of benzene rings is 2. The van der Waals surface area contributed by atoms with E-state index in [4.69, 9.17) is 28.4 Å². The molecule has 0 spiro atoms. The second kappa shape index (κ2) is 15.3. The van der Waals surface area contributed by atoms with Gasteiger partial charge in [-0.3, -0.25) is 9.59 Å². The zero-order chi connectivity index (χ0) is 27.3. The molecule has 2 aromatic carbocycles. The Kier molecular flexibility index (Phi) is 11.9. The summed E-state index contributed by atoms with van der Waals surface area (Å²) < 4.78 is 33.3. The highest BCUT2D eigenvalue weighted by atomic mass is 16.5. The van der Waals surface area contributed by atoms with Crippen molar-refractivity contribution in [3.63, 3.8) is 0 Å². The van der Waals surface area contributed by atoms with E-state index in [2.05, 4.69) is 0 Å². The molecular formula is C30H40O8. The summed E-state index contributed by atoms with van der Waals surface area (Å²) in [5, 5.41) is 0. The maximum Gasteiger partial charge on any atom is 0.314 e. The molecule has 2 aromatic rings. The van der Waals surface area contributed by atoms with Crippen LogP contribution in [0.3, 0.4) is 0 Å². The third-order valence-corrected chi connectivity index (χ3v) is 6.08. The Morgan fingerprint density at radius 2 is 0.895 bits per heavy atom. The summed E-state index contributed by atoms with van der Waals surface area (Å²) in [5.74, 6) is 1.31. The zero-order valence-corrected chi connectivity index (χ0v) is 22.9. The van der Waals surface area contributed by atoms with Crippen LogP contribution in [0.2, 0.25) is 0 Å². The van der Waals surface area contributed by atoms with Gasteiger partial charge in [-0.2, -0.15) is 0 Å². The first-order chi connectivity index (χ1) is 18.3. The van der Waals surface area contributed by atoms with Crippen molar-refractivity contribution in [3.05, 3.63) is 48.5 Å². The largest absolute Gasteiger partial charge is 0.491 e. The van der Waals surface area contributed by atoms with Gasteiger partial charge in [0.2, 0.25) is 0 Å². The quantitative estimate of drug-likeness (QED) is 0.178. The molecule has 3 rings (SSSR count). The lowest BCUT2D eigenvalue weighted by Crippen LogP contribution is -2.30. The molecule has 0 bridgehead atoms. The molecule has 0 radical (unpaired) electrons. The summed E-state index contributed by atoms with van der Waals surface area (Å²) in [7, 11) is 0. The number of hydrogen-bond acceptors (Lipinski definition) is 8. The Morgan fingerprint density at radius 3 is 1.21 bits per heavy atom. The lowest BCUT2D eigenvalue weighted by atomic mass is 9.82. The predicted octanol–water partition coefficient (Wildman–Crippen LogP) is 5.61. The lowest BCUT2D eigenvalue weighted by molar-refractivity contribution is -0.145. The van der Waals surface area contributed by atoms with Crippen LogP contribution in [0.5, 0.6) is 23.0 Å². The summed E-state index contributed by atoms with van der Waals surface area (Å²) in [6.07, 6.45) is 2.67. The number of rotatable bonds is 14. The second-order valence-electron chi connectivity index (χ2n) is 9.87. The molecule has 8 heteroatoms. The lowest BCUT2D eigenvalue weighted by Gasteiger charge is -2.25. The van der Waals surface area contributed by atoms with Crippen molar-refractivity contribution >= 4 is 11.9 Å². The van der Waals surface area contributed by atoms with Crippen molar-refractivity contribution in [2.24, 2.45) is 11.8 Å². The minimum Gasteiger partial charge on any atom is -0.491 e. The molecule has 0 amide bonds. The van der Waals surface area contributed by atoms with Crippen LogP contribution in [-0.4, -0.2) is 50.6 Å². The van der Waals surface area contributed by atoms with Crippen LogP contribution in [0.1, 0.15) is 53.4 Å². The Hall–Kier alpha value is -3.10. The summed E-state index contributed by atoms with van der Waals surface area (Å²) in [6, 6.07) is 13.9. The minimum atomic E-state index is -0.273. The van der Waals surface area contributed by atoms with Crippen molar-refractivity contribution in [2.75, 3.05) is 26.4 Å². The average Bonchev–Trinajstić information content (AvgIpc) is 2.91. The standard InChI is InChI=1S/C30H40O8/c1-21(2)33-17-19-35-25-9-13-27(14-10-25)37-29(31)23-5-7-24(8-6-23)30(32)38-28-15-11-26(12-16-28)36-20-18-34-22(3)4/h9-16,21-24H,5-8,17-20H2,1-4H3/t23-,24-. The molecule has 1 fully saturated rings. The first-order valence-corrected chi connectivity index (χ1v) is 13.4. The van der Waals surface area contributed by atoms with Crippen LogP contribution in [-0.2, 0) is 19.1 Å². The molecule has 0 N–H and O–H groups in total. The van der Waals surface area contributed by atoms with E-state index < -0.39 is 0 Å². The van der Waals surface area contributed by atoms with E-state index >= 15 is 0 Å². The SMILES string of the molecule is CC(C)OCCOc1ccc(OC(=O)[C@H]2CC[C@H](C(=O)Oc3ccc(OCCOC(C)C)cc3)CC2)cc1. The van der Waals surface area contributed by atoms with Crippen molar-refractivity contribution < 1.29 is 38.0 Å². The Labute approximate surface area is 225 Å². The molecule has 8 nitrogen and oxygen atoms in total. The van der Waals surface area contributed by atoms with E-state index in [0.29, 0.717) is 75.1 Å². The van der Waals surface area contributed by atoms with Crippen LogP contribution >= 0.6 is 0 Å². The van der Waals surface area contributed by atoms with Gasteiger partial charge in [0.05, 0.1) is 37.3 Å². The summed E-state index contributed by atoms with van der Waals surface area (Å²) in [5.41, 5.74) is 0. The fraction of sp³-hybridized carbons (Fsp3) is 0.533. The normalized spacial score (nSPS) is 17.3. The van der Waals surface area contributed by atoms with Gasteiger partial charge in [-0.1, -0.05) is 0 Å². The number of ether oxygens (including phenoxy) is 6. The third kappa shape index (κ3) is 10.3. The average molecular weight is 529 g/mol. The Morgan fingerprint density at radius 1 is 0.579 bits per heavy atom. The van der Waals surface area contributed by atoms with Gasteiger partial charge in [0.1, 0.15) is 36.2 Å². The van der Waals surface area contributed by atoms with E-state index in [1.165, 1.54) is 0 Å². The van der Waals surface area contributed by atoms with E-state index in [1.54, 1.807) is 48.5 Å². The van der Waals surface area contributed by atoms with E-state index in [-0.39, 0.29) is 36.0 Å². The fourth-order valence-electron chi connectivity index (χ4n) is 4.06. The molecule has 208 valence electrons. The number of carbonyl (C=O) groups excluding carboxylic acids is 2. The molecule has 38 heavy (non-hydrogen) atoms. The summed E-state index contributed by atoms with van der Waals surface area (Å²) in [4.78, 5) is 25.3. The van der Waals surface area contributed by atoms with Gasteiger partial charge in [0.25, 0.3) is 0 Å². The number of hydrogen-bond donors (Lipinski definition) is 0. The second-order valence-corrected chi connectivity index (χ2v) is 9.87. The number of carbonyl (C=O) groups is 2. The van der Waals surface area contributed by atoms with Gasteiger partial charge in [-0.05, 0) is 102 Å². The van der Waals surface area contributed by atoms with Crippen molar-refractivity contribution in [2.45, 2.75) is 65.6 Å². The Bertz CT molecular complexity index is 895. The molecule has 0 atom stereocenters. The molecule has 1 aliphatic carbocycles. The fourth-order valence-corrected chi connectivity index (χ4v) is 4.06.